The molecule has 18 heavy (non-hydrogen) atoms. The summed E-state index contributed by atoms with van der Waals surface area (Å²) < 4.78 is 0. The number of nitriles is 1. The van der Waals surface area contributed by atoms with E-state index in [4.69, 9.17) is 5.26 Å². The van der Waals surface area contributed by atoms with E-state index in [1.807, 2.05) is 14.0 Å². The summed E-state index contributed by atoms with van der Waals surface area (Å²) in [5, 5.41) is 12.2. The zero-order chi connectivity index (χ0) is 13.6. The molecule has 0 aromatic carbocycles. The van der Waals surface area contributed by atoms with E-state index >= 15 is 0 Å². The van der Waals surface area contributed by atoms with Gasteiger partial charge < -0.3 is 10.2 Å². The van der Waals surface area contributed by atoms with Crippen molar-refractivity contribution in [1.29, 1.82) is 5.26 Å². The zero-order valence-electron chi connectivity index (χ0n) is 12.4. The maximum absolute atomic E-state index is 9.12. The van der Waals surface area contributed by atoms with Crippen LogP contribution in [-0.2, 0) is 0 Å². The van der Waals surface area contributed by atoms with Crippen LogP contribution in [0.2, 0.25) is 0 Å². The average molecular weight is 252 g/mol. The van der Waals surface area contributed by atoms with Crippen molar-refractivity contribution in [2.75, 3.05) is 39.8 Å². The predicted molar refractivity (Wildman–Crippen MR) is 75.5 cm³/mol. The fourth-order valence-electron chi connectivity index (χ4n) is 2.30. The third kappa shape index (κ3) is 4.24. The van der Waals surface area contributed by atoms with Crippen molar-refractivity contribution >= 4 is 0 Å². The van der Waals surface area contributed by atoms with E-state index in [1.165, 1.54) is 6.42 Å². The predicted octanol–water partition coefficient (Wildman–Crippen LogP) is 1.29. The molecule has 0 aliphatic carbocycles. The number of piperazine rings is 1. The van der Waals surface area contributed by atoms with Gasteiger partial charge in [0.15, 0.2) is 0 Å². The molecule has 0 spiro atoms. The molecule has 4 heteroatoms. The SMILES string of the molecule is CCC(C)N1CCN(CCC(C)(C#N)NC)CC1. The molecule has 1 aliphatic heterocycles. The molecule has 1 fully saturated rings. The molecule has 104 valence electrons. The molecule has 0 amide bonds. The summed E-state index contributed by atoms with van der Waals surface area (Å²) in [4.78, 5) is 5.05. The molecule has 4 nitrogen and oxygen atoms in total. The van der Waals surface area contributed by atoms with Crippen molar-refractivity contribution in [3.8, 4) is 6.07 Å². The van der Waals surface area contributed by atoms with E-state index in [1.54, 1.807) is 0 Å². The smallest absolute Gasteiger partial charge is 0.104 e. The van der Waals surface area contributed by atoms with E-state index in [0.717, 1.165) is 39.1 Å². The van der Waals surface area contributed by atoms with Gasteiger partial charge >= 0.3 is 0 Å². The minimum Gasteiger partial charge on any atom is -0.303 e. The zero-order valence-corrected chi connectivity index (χ0v) is 12.4. The number of hydrogen-bond acceptors (Lipinski definition) is 4. The number of nitrogens with one attached hydrogen (secondary N) is 1. The van der Waals surface area contributed by atoms with Crippen LogP contribution in [0.4, 0.5) is 0 Å². The number of rotatable bonds is 6. The first-order chi connectivity index (χ1) is 8.54. The molecule has 1 heterocycles. The van der Waals surface area contributed by atoms with Gasteiger partial charge in [-0.1, -0.05) is 6.92 Å². The Bertz CT molecular complexity index is 278. The quantitative estimate of drug-likeness (QED) is 0.773. The summed E-state index contributed by atoms with van der Waals surface area (Å²) >= 11 is 0. The van der Waals surface area contributed by atoms with E-state index in [2.05, 4.69) is 35.0 Å². The molecule has 1 N–H and O–H groups in total. The molecule has 0 saturated carbocycles. The third-order valence-corrected chi connectivity index (χ3v) is 4.35. The first-order valence-corrected chi connectivity index (χ1v) is 7.11. The van der Waals surface area contributed by atoms with Gasteiger partial charge in [-0.2, -0.15) is 5.26 Å². The molecule has 1 saturated heterocycles. The van der Waals surface area contributed by atoms with Gasteiger partial charge in [0.05, 0.1) is 6.07 Å². The molecule has 0 aromatic rings. The summed E-state index contributed by atoms with van der Waals surface area (Å²) in [5.41, 5.74) is -0.381. The van der Waals surface area contributed by atoms with E-state index in [-0.39, 0.29) is 5.54 Å². The lowest BCUT2D eigenvalue weighted by atomic mass is 10.00. The van der Waals surface area contributed by atoms with Crippen LogP contribution < -0.4 is 5.32 Å². The maximum atomic E-state index is 9.12. The van der Waals surface area contributed by atoms with E-state index < -0.39 is 0 Å². The average Bonchev–Trinajstić information content (AvgIpc) is 2.44. The Morgan fingerprint density at radius 1 is 1.33 bits per heavy atom. The van der Waals surface area contributed by atoms with E-state index in [9.17, 15) is 0 Å². The second-order valence-corrected chi connectivity index (χ2v) is 5.58. The van der Waals surface area contributed by atoms with Crippen molar-refractivity contribution in [3.05, 3.63) is 0 Å². The highest BCUT2D eigenvalue weighted by molar-refractivity contribution is 5.03. The lowest BCUT2D eigenvalue weighted by molar-refractivity contribution is 0.0965. The molecular weight excluding hydrogens is 224 g/mol. The largest absolute Gasteiger partial charge is 0.303 e. The Hall–Kier alpha value is -0.630. The van der Waals surface area contributed by atoms with Gasteiger partial charge in [0.2, 0.25) is 0 Å². The maximum Gasteiger partial charge on any atom is 0.104 e. The summed E-state index contributed by atoms with van der Waals surface area (Å²) in [6.07, 6.45) is 2.12. The number of hydrogen-bond donors (Lipinski definition) is 1. The minimum absolute atomic E-state index is 0.381. The van der Waals surface area contributed by atoms with Gasteiger partial charge in [0.25, 0.3) is 0 Å². The van der Waals surface area contributed by atoms with Crippen LogP contribution in [0.3, 0.4) is 0 Å². The molecular formula is C14H28N4. The summed E-state index contributed by atoms with van der Waals surface area (Å²) in [7, 11) is 1.87. The van der Waals surface area contributed by atoms with E-state index in [0.29, 0.717) is 6.04 Å². The number of nitrogens with zero attached hydrogens (tertiary/aromatic N) is 3. The summed E-state index contributed by atoms with van der Waals surface area (Å²) in [6, 6.07) is 3.06. The highest BCUT2D eigenvalue weighted by Gasteiger charge is 2.24. The lowest BCUT2D eigenvalue weighted by Crippen LogP contribution is -2.51. The highest BCUT2D eigenvalue weighted by Crippen LogP contribution is 2.12. The van der Waals surface area contributed by atoms with Crippen LogP contribution in [0, 0.1) is 11.3 Å². The fourth-order valence-corrected chi connectivity index (χ4v) is 2.30. The second kappa shape index (κ2) is 7.08. The Morgan fingerprint density at radius 2 is 1.94 bits per heavy atom. The van der Waals surface area contributed by atoms with Gasteiger partial charge in [0, 0.05) is 38.8 Å². The molecule has 2 unspecified atom stereocenters. The van der Waals surface area contributed by atoms with Crippen LogP contribution in [0.25, 0.3) is 0 Å². The van der Waals surface area contributed by atoms with Gasteiger partial charge in [-0.15, -0.1) is 0 Å². The first kappa shape index (κ1) is 15.4. The van der Waals surface area contributed by atoms with Crippen LogP contribution >= 0.6 is 0 Å². The molecule has 0 radical (unpaired) electrons. The van der Waals surface area contributed by atoms with Crippen LogP contribution in [0.15, 0.2) is 0 Å². The Balaban J connectivity index is 2.30. The molecule has 2 atom stereocenters. The Morgan fingerprint density at radius 3 is 2.39 bits per heavy atom. The monoisotopic (exact) mass is 252 g/mol. The normalized spacial score (nSPS) is 23.3. The Kier molecular flexibility index (Phi) is 6.07. The Labute approximate surface area is 112 Å². The van der Waals surface area contributed by atoms with Gasteiger partial charge in [-0.05, 0) is 33.7 Å². The lowest BCUT2D eigenvalue weighted by Gasteiger charge is -2.38. The minimum atomic E-state index is -0.381. The van der Waals surface area contributed by atoms with Crippen LogP contribution in [-0.4, -0.2) is 61.2 Å². The topological polar surface area (TPSA) is 42.3 Å². The van der Waals surface area contributed by atoms with Gasteiger partial charge in [-0.3, -0.25) is 4.90 Å². The highest BCUT2D eigenvalue weighted by atomic mass is 15.3. The van der Waals surface area contributed by atoms with Crippen molar-refractivity contribution in [2.24, 2.45) is 0 Å². The van der Waals surface area contributed by atoms with Gasteiger partial charge in [-0.25, -0.2) is 0 Å². The first-order valence-electron chi connectivity index (χ1n) is 7.11. The standard InChI is InChI=1S/C14H28N4/c1-5-13(2)18-10-8-17(9-11-18)7-6-14(3,12-15)16-4/h13,16H,5-11H2,1-4H3. The van der Waals surface area contributed by atoms with Gasteiger partial charge in [0.1, 0.15) is 5.54 Å². The van der Waals surface area contributed by atoms with Crippen molar-refractivity contribution in [2.45, 2.75) is 45.2 Å². The summed E-state index contributed by atoms with van der Waals surface area (Å²) in [5.74, 6) is 0. The molecule has 0 bridgehead atoms. The fraction of sp³-hybridized carbons (Fsp3) is 0.929. The molecule has 1 rings (SSSR count). The van der Waals surface area contributed by atoms with Crippen molar-refractivity contribution in [1.82, 2.24) is 15.1 Å². The van der Waals surface area contributed by atoms with Crippen LogP contribution in [0.1, 0.15) is 33.6 Å². The second-order valence-electron chi connectivity index (χ2n) is 5.58. The summed E-state index contributed by atoms with van der Waals surface area (Å²) in [6.45, 7) is 12.1. The molecule has 1 aliphatic rings. The van der Waals surface area contributed by atoms with Crippen molar-refractivity contribution in [3.63, 3.8) is 0 Å². The third-order valence-electron chi connectivity index (χ3n) is 4.35. The molecule has 0 aromatic heterocycles. The van der Waals surface area contributed by atoms with Crippen molar-refractivity contribution < 1.29 is 0 Å². The van der Waals surface area contributed by atoms with Crippen LogP contribution in [0.5, 0.6) is 0 Å².